The Hall–Kier alpha value is -1.69. The maximum absolute atomic E-state index is 4.33. The highest BCUT2D eigenvalue weighted by atomic mass is 15.3. The molecular formula is C13H20N6. The van der Waals surface area contributed by atoms with Crippen LogP contribution in [0.2, 0.25) is 0 Å². The molecular weight excluding hydrogens is 240 g/mol. The van der Waals surface area contributed by atoms with Crippen LogP contribution in [0.5, 0.6) is 0 Å². The van der Waals surface area contributed by atoms with Crippen LogP contribution < -0.4 is 10.6 Å². The number of hydrogen-bond acceptors (Lipinski definition) is 5. The molecule has 2 N–H and O–H groups in total. The SMILES string of the molecule is Cc1cc(NCCC2CCCNC2)n2ncnc2n1. The maximum Gasteiger partial charge on any atom is 0.254 e. The average Bonchev–Trinajstić information content (AvgIpc) is 2.88. The summed E-state index contributed by atoms with van der Waals surface area (Å²) in [7, 11) is 0. The first kappa shape index (κ1) is 12.3. The Bertz CT molecular complexity index is 543. The van der Waals surface area contributed by atoms with Crippen molar-refractivity contribution in [1.29, 1.82) is 0 Å². The van der Waals surface area contributed by atoms with Crippen LogP contribution in [0.15, 0.2) is 12.4 Å². The summed E-state index contributed by atoms with van der Waals surface area (Å²) in [6.45, 7) is 5.26. The summed E-state index contributed by atoms with van der Waals surface area (Å²) in [5.41, 5.74) is 0.960. The molecule has 0 aromatic carbocycles. The first-order valence-corrected chi connectivity index (χ1v) is 6.95. The standard InChI is InChI=1S/C13H20N6/c1-10-7-12(19-13(18-10)16-9-17-19)15-6-4-11-3-2-5-14-8-11/h7,9,11,14-15H,2-6,8H2,1H3. The van der Waals surface area contributed by atoms with E-state index < -0.39 is 0 Å². The Kier molecular flexibility index (Phi) is 3.59. The van der Waals surface area contributed by atoms with Crippen LogP contribution in [-0.4, -0.2) is 39.2 Å². The minimum atomic E-state index is 0.654. The lowest BCUT2D eigenvalue weighted by Crippen LogP contribution is -2.30. The fraction of sp³-hybridized carbons (Fsp3) is 0.615. The van der Waals surface area contributed by atoms with Gasteiger partial charge in [-0.2, -0.15) is 14.6 Å². The molecule has 0 spiro atoms. The van der Waals surface area contributed by atoms with Gasteiger partial charge in [-0.1, -0.05) is 0 Å². The lowest BCUT2D eigenvalue weighted by atomic mass is 9.96. The molecule has 1 saturated heterocycles. The highest BCUT2D eigenvalue weighted by Gasteiger charge is 2.12. The highest BCUT2D eigenvalue weighted by Crippen LogP contribution is 2.15. The van der Waals surface area contributed by atoms with Crippen molar-refractivity contribution in [3.63, 3.8) is 0 Å². The predicted octanol–water partition coefficient (Wildman–Crippen LogP) is 1.23. The molecule has 3 heterocycles. The molecule has 3 rings (SSSR count). The van der Waals surface area contributed by atoms with E-state index in [-0.39, 0.29) is 0 Å². The van der Waals surface area contributed by atoms with Gasteiger partial charge in [-0.3, -0.25) is 0 Å². The first-order valence-electron chi connectivity index (χ1n) is 6.95. The van der Waals surface area contributed by atoms with Crippen LogP contribution >= 0.6 is 0 Å². The second-order valence-electron chi connectivity index (χ2n) is 5.18. The Labute approximate surface area is 112 Å². The van der Waals surface area contributed by atoms with E-state index >= 15 is 0 Å². The third kappa shape index (κ3) is 2.84. The van der Waals surface area contributed by atoms with Crippen molar-refractivity contribution in [2.75, 3.05) is 25.0 Å². The fourth-order valence-electron chi connectivity index (χ4n) is 2.63. The van der Waals surface area contributed by atoms with E-state index in [9.17, 15) is 0 Å². The van der Waals surface area contributed by atoms with Crippen LogP contribution in [-0.2, 0) is 0 Å². The van der Waals surface area contributed by atoms with Crippen molar-refractivity contribution in [2.24, 2.45) is 5.92 Å². The third-order valence-corrected chi connectivity index (χ3v) is 3.64. The topological polar surface area (TPSA) is 67.1 Å². The molecule has 1 fully saturated rings. The molecule has 0 bridgehead atoms. The van der Waals surface area contributed by atoms with Gasteiger partial charge in [0.2, 0.25) is 0 Å². The van der Waals surface area contributed by atoms with Gasteiger partial charge >= 0.3 is 0 Å². The predicted molar refractivity (Wildman–Crippen MR) is 74.2 cm³/mol. The summed E-state index contributed by atoms with van der Waals surface area (Å²) in [4.78, 5) is 8.46. The molecule has 2 aromatic heterocycles. The normalized spacial score (nSPS) is 19.7. The van der Waals surface area contributed by atoms with E-state index in [4.69, 9.17) is 0 Å². The first-order chi connectivity index (χ1) is 9.33. The van der Waals surface area contributed by atoms with Crippen LogP contribution in [0.1, 0.15) is 25.0 Å². The molecule has 0 radical (unpaired) electrons. The van der Waals surface area contributed by atoms with Crippen molar-refractivity contribution in [1.82, 2.24) is 24.9 Å². The lowest BCUT2D eigenvalue weighted by Gasteiger charge is -2.22. The fourth-order valence-corrected chi connectivity index (χ4v) is 2.63. The number of aromatic nitrogens is 4. The lowest BCUT2D eigenvalue weighted by molar-refractivity contribution is 0.364. The molecule has 1 unspecified atom stereocenters. The quantitative estimate of drug-likeness (QED) is 0.865. The minimum absolute atomic E-state index is 0.654. The van der Waals surface area contributed by atoms with Crippen LogP contribution in [0.4, 0.5) is 5.82 Å². The van der Waals surface area contributed by atoms with E-state index in [0.717, 1.165) is 30.5 Å². The zero-order valence-corrected chi connectivity index (χ0v) is 11.3. The van der Waals surface area contributed by atoms with Gasteiger partial charge in [0, 0.05) is 18.3 Å². The third-order valence-electron chi connectivity index (χ3n) is 3.64. The highest BCUT2D eigenvalue weighted by molar-refractivity contribution is 5.44. The molecule has 1 aliphatic heterocycles. The Morgan fingerprint density at radius 1 is 1.53 bits per heavy atom. The minimum Gasteiger partial charge on any atom is -0.370 e. The number of piperidine rings is 1. The maximum atomic E-state index is 4.33. The van der Waals surface area contributed by atoms with Crippen LogP contribution in [0.25, 0.3) is 5.78 Å². The number of aryl methyl sites for hydroxylation is 1. The molecule has 1 atom stereocenters. The van der Waals surface area contributed by atoms with Gasteiger partial charge in [0.1, 0.15) is 12.1 Å². The number of nitrogens with zero attached hydrogens (tertiary/aromatic N) is 4. The molecule has 6 nitrogen and oxygen atoms in total. The average molecular weight is 260 g/mol. The second kappa shape index (κ2) is 5.52. The van der Waals surface area contributed by atoms with Crippen molar-refractivity contribution in [3.05, 3.63) is 18.1 Å². The van der Waals surface area contributed by atoms with Gasteiger partial charge in [0.25, 0.3) is 5.78 Å². The van der Waals surface area contributed by atoms with Gasteiger partial charge < -0.3 is 10.6 Å². The zero-order valence-electron chi connectivity index (χ0n) is 11.3. The zero-order chi connectivity index (χ0) is 13.1. The number of rotatable bonds is 4. The van der Waals surface area contributed by atoms with Gasteiger partial charge in [0.05, 0.1) is 0 Å². The number of nitrogens with one attached hydrogen (secondary N) is 2. The van der Waals surface area contributed by atoms with Crippen molar-refractivity contribution < 1.29 is 0 Å². The van der Waals surface area contributed by atoms with E-state index in [1.807, 2.05) is 13.0 Å². The Morgan fingerprint density at radius 2 is 2.47 bits per heavy atom. The Morgan fingerprint density at radius 3 is 3.32 bits per heavy atom. The summed E-state index contributed by atoms with van der Waals surface area (Å²) in [5.74, 6) is 2.42. The second-order valence-corrected chi connectivity index (χ2v) is 5.18. The summed E-state index contributed by atoms with van der Waals surface area (Å²) in [6.07, 6.45) is 5.36. The van der Waals surface area contributed by atoms with Gasteiger partial charge in [-0.25, -0.2) is 4.98 Å². The molecule has 0 saturated carbocycles. The van der Waals surface area contributed by atoms with Gasteiger partial charge in [-0.05, 0) is 45.2 Å². The van der Waals surface area contributed by atoms with Gasteiger partial charge in [0.15, 0.2) is 0 Å². The monoisotopic (exact) mass is 260 g/mol. The van der Waals surface area contributed by atoms with Crippen molar-refractivity contribution in [3.8, 4) is 0 Å². The molecule has 1 aliphatic rings. The van der Waals surface area contributed by atoms with E-state index in [1.54, 1.807) is 4.52 Å². The summed E-state index contributed by atoms with van der Waals surface area (Å²) >= 11 is 0. The molecule has 102 valence electrons. The number of anilines is 1. The molecule has 19 heavy (non-hydrogen) atoms. The van der Waals surface area contributed by atoms with Crippen molar-refractivity contribution in [2.45, 2.75) is 26.2 Å². The summed E-state index contributed by atoms with van der Waals surface area (Å²) < 4.78 is 1.76. The molecule has 0 aliphatic carbocycles. The van der Waals surface area contributed by atoms with E-state index in [1.165, 1.54) is 32.1 Å². The number of fused-ring (bicyclic) bond motifs is 1. The van der Waals surface area contributed by atoms with Gasteiger partial charge in [-0.15, -0.1) is 0 Å². The van der Waals surface area contributed by atoms with Crippen LogP contribution in [0, 0.1) is 12.8 Å². The van der Waals surface area contributed by atoms with E-state index in [0.29, 0.717) is 5.78 Å². The smallest absolute Gasteiger partial charge is 0.254 e. The van der Waals surface area contributed by atoms with Crippen molar-refractivity contribution >= 4 is 11.6 Å². The number of hydrogen-bond donors (Lipinski definition) is 2. The summed E-state index contributed by atoms with van der Waals surface area (Å²) in [5, 5.41) is 11.1. The van der Waals surface area contributed by atoms with Crippen LogP contribution in [0.3, 0.4) is 0 Å². The Balaban J connectivity index is 1.63. The molecule has 2 aromatic rings. The molecule has 6 heteroatoms. The summed E-state index contributed by atoms with van der Waals surface area (Å²) in [6, 6.07) is 2.01. The van der Waals surface area contributed by atoms with E-state index in [2.05, 4.69) is 25.7 Å². The largest absolute Gasteiger partial charge is 0.370 e. The molecule has 0 amide bonds.